The molecule has 7 nitrogen and oxygen atoms in total. The maximum absolute atomic E-state index is 13.6. The number of hydrogen-bond acceptors (Lipinski definition) is 4. The smallest absolute Gasteiger partial charge is 0.259 e. The van der Waals surface area contributed by atoms with Gasteiger partial charge in [-0.15, -0.1) is 0 Å². The van der Waals surface area contributed by atoms with E-state index in [9.17, 15) is 4.79 Å². The Balaban J connectivity index is 1.56. The largest absolute Gasteiger partial charge is 0.383 e. The first-order valence-corrected chi connectivity index (χ1v) is 10.9. The number of carbonyl (C=O) groups is 1. The van der Waals surface area contributed by atoms with Crippen LogP contribution in [0.5, 0.6) is 0 Å². The van der Waals surface area contributed by atoms with E-state index in [1.165, 1.54) is 45.2 Å². The lowest BCUT2D eigenvalue weighted by Crippen LogP contribution is -2.52. The van der Waals surface area contributed by atoms with Crippen molar-refractivity contribution < 1.29 is 9.53 Å². The number of carbonyl (C=O) groups excluding carboxylic acids is 1. The fourth-order valence-electron chi connectivity index (χ4n) is 5.08. The Morgan fingerprint density at radius 2 is 2.00 bits per heavy atom. The maximum Gasteiger partial charge on any atom is 0.259 e. The van der Waals surface area contributed by atoms with Gasteiger partial charge >= 0.3 is 0 Å². The molecule has 2 aliphatic rings. The van der Waals surface area contributed by atoms with Gasteiger partial charge in [0.1, 0.15) is 11.4 Å². The van der Waals surface area contributed by atoms with Gasteiger partial charge in [-0.05, 0) is 56.8 Å². The highest BCUT2D eigenvalue weighted by Crippen LogP contribution is 2.32. The van der Waals surface area contributed by atoms with Crippen molar-refractivity contribution in [3.05, 3.63) is 36.3 Å². The standard InChI is InChI=1S/C22H33N5O2/c1-24-21(26-11-5-6-12-26)19(16-23-24)22(28)27(14-15-29-2)17-18-8-7-13-25-10-4-3-9-20(18)25/h5-6,11-12,16,18,20H,3-4,7-10,13-15,17H2,1-2H3/t18-,20+/m1/s1. The highest BCUT2D eigenvalue weighted by Gasteiger charge is 2.35. The van der Waals surface area contributed by atoms with Gasteiger partial charge in [0, 0.05) is 45.7 Å². The second-order valence-corrected chi connectivity index (χ2v) is 8.34. The number of nitrogens with zero attached hydrogens (tertiary/aromatic N) is 5. The van der Waals surface area contributed by atoms with Crippen LogP contribution in [0.25, 0.3) is 5.82 Å². The molecular weight excluding hydrogens is 366 g/mol. The van der Waals surface area contributed by atoms with E-state index < -0.39 is 0 Å². The average molecular weight is 400 g/mol. The van der Waals surface area contributed by atoms with Crippen molar-refractivity contribution in [2.75, 3.05) is 39.9 Å². The molecule has 0 bridgehead atoms. The van der Waals surface area contributed by atoms with Gasteiger partial charge in [0.05, 0.1) is 12.8 Å². The zero-order chi connectivity index (χ0) is 20.2. The number of hydrogen-bond donors (Lipinski definition) is 0. The fourth-order valence-corrected chi connectivity index (χ4v) is 5.08. The third kappa shape index (κ3) is 4.26. The predicted octanol–water partition coefficient (Wildman–Crippen LogP) is 2.56. The molecule has 0 unspecified atom stereocenters. The summed E-state index contributed by atoms with van der Waals surface area (Å²) in [5, 5.41) is 4.38. The summed E-state index contributed by atoms with van der Waals surface area (Å²) >= 11 is 0. The molecule has 29 heavy (non-hydrogen) atoms. The van der Waals surface area contributed by atoms with E-state index >= 15 is 0 Å². The molecule has 158 valence electrons. The zero-order valence-corrected chi connectivity index (χ0v) is 17.7. The first-order chi connectivity index (χ1) is 14.2. The number of fused-ring (bicyclic) bond motifs is 1. The van der Waals surface area contributed by atoms with Gasteiger partial charge in [-0.2, -0.15) is 5.10 Å². The summed E-state index contributed by atoms with van der Waals surface area (Å²) in [5.74, 6) is 1.40. The van der Waals surface area contributed by atoms with Crippen molar-refractivity contribution in [3.8, 4) is 5.82 Å². The lowest BCUT2D eigenvalue weighted by atomic mass is 9.83. The summed E-state index contributed by atoms with van der Waals surface area (Å²) in [7, 11) is 3.58. The maximum atomic E-state index is 13.6. The van der Waals surface area contributed by atoms with Crippen LogP contribution in [-0.2, 0) is 11.8 Å². The minimum atomic E-state index is 0.0479. The van der Waals surface area contributed by atoms with Gasteiger partial charge in [0.25, 0.3) is 5.91 Å². The number of amides is 1. The molecule has 2 atom stereocenters. The van der Waals surface area contributed by atoms with Crippen LogP contribution in [0.3, 0.4) is 0 Å². The number of methoxy groups -OCH3 is 1. The van der Waals surface area contributed by atoms with Crippen LogP contribution in [0.2, 0.25) is 0 Å². The topological polar surface area (TPSA) is 55.5 Å². The van der Waals surface area contributed by atoms with Crippen LogP contribution in [0.4, 0.5) is 0 Å². The molecule has 0 saturated carbocycles. The van der Waals surface area contributed by atoms with Crippen LogP contribution in [0.15, 0.2) is 30.7 Å². The molecule has 0 aliphatic carbocycles. The summed E-state index contributed by atoms with van der Waals surface area (Å²) in [6.45, 7) is 4.38. The van der Waals surface area contributed by atoms with Crippen LogP contribution in [0.1, 0.15) is 42.5 Å². The summed E-state index contributed by atoms with van der Waals surface area (Å²) < 4.78 is 9.06. The highest BCUT2D eigenvalue weighted by molar-refractivity contribution is 5.97. The zero-order valence-electron chi connectivity index (χ0n) is 17.7. The van der Waals surface area contributed by atoms with Gasteiger partial charge in [-0.25, -0.2) is 0 Å². The van der Waals surface area contributed by atoms with Crippen LogP contribution >= 0.6 is 0 Å². The Morgan fingerprint density at radius 3 is 2.79 bits per heavy atom. The first kappa shape index (κ1) is 20.2. The molecule has 2 saturated heterocycles. The monoisotopic (exact) mass is 399 g/mol. The number of ether oxygens (including phenoxy) is 1. The molecule has 2 aromatic heterocycles. The first-order valence-electron chi connectivity index (χ1n) is 10.9. The van der Waals surface area contributed by atoms with Gasteiger partial charge < -0.3 is 19.1 Å². The molecule has 0 spiro atoms. The van der Waals surface area contributed by atoms with Gasteiger partial charge in [0.15, 0.2) is 0 Å². The summed E-state index contributed by atoms with van der Waals surface area (Å²) in [4.78, 5) is 18.3. The van der Waals surface area contributed by atoms with Crippen LogP contribution in [-0.4, -0.2) is 76.0 Å². The molecule has 4 rings (SSSR count). The van der Waals surface area contributed by atoms with E-state index in [0.29, 0.717) is 30.7 Å². The predicted molar refractivity (Wildman–Crippen MR) is 112 cm³/mol. The van der Waals surface area contributed by atoms with Crippen molar-refractivity contribution in [2.24, 2.45) is 13.0 Å². The van der Waals surface area contributed by atoms with Crippen molar-refractivity contribution in [3.63, 3.8) is 0 Å². The quantitative estimate of drug-likeness (QED) is 0.718. The normalized spacial score (nSPS) is 22.4. The van der Waals surface area contributed by atoms with Crippen LogP contribution in [0, 0.1) is 5.92 Å². The molecule has 0 N–H and O–H groups in total. The number of aryl methyl sites for hydroxylation is 1. The molecule has 0 radical (unpaired) electrons. The molecule has 2 fully saturated rings. The molecule has 0 aromatic carbocycles. The van der Waals surface area contributed by atoms with E-state index in [4.69, 9.17) is 4.74 Å². The minimum Gasteiger partial charge on any atom is -0.383 e. The molecule has 1 amide bonds. The molecule has 4 heterocycles. The van der Waals surface area contributed by atoms with E-state index in [2.05, 4.69) is 10.00 Å². The lowest BCUT2D eigenvalue weighted by Gasteiger charge is -2.45. The van der Waals surface area contributed by atoms with Gasteiger partial charge in [0.2, 0.25) is 0 Å². The number of rotatable bonds is 7. The van der Waals surface area contributed by atoms with Crippen molar-refractivity contribution in [1.29, 1.82) is 0 Å². The minimum absolute atomic E-state index is 0.0479. The summed E-state index contributed by atoms with van der Waals surface area (Å²) in [5.41, 5.74) is 0.649. The number of piperidine rings is 2. The molecular formula is C22H33N5O2. The van der Waals surface area contributed by atoms with E-state index in [0.717, 1.165) is 12.4 Å². The third-order valence-corrected chi connectivity index (χ3v) is 6.52. The number of aromatic nitrogens is 3. The Labute approximate surface area is 173 Å². The van der Waals surface area contributed by atoms with Crippen LogP contribution < -0.4 is 0 Å². The third-order valence-electron chi connectivity index (χ3n) is 6.52. The van der Waals surface area contributed by atoms with Crippen molar-refractivity contribution in [1.82, 2.24) is 24.1 Å². The molecule has 2 aromatic rings. The lowest BCUT2D eigenvalue weighted by molar-refractivity contribution is 0.0315. The van der Waals surface area contributed by atoms with E-state index in [1.54, 1.807) is 18.0 Å². The Morgan fingerprint density at radius 1 is 1.21 bits per heavy atom. The SMILES string of the molecule is COCCN(C[C@H]1CCCN2CCCC[C@@H]12)C(=O)c1cnn(C)c1-n1cccc1. The second kappa shape index (κ2) is 9.13. The highest BCUT2D eigenvalue weighted by atomic mass is 16.5. The Bertz CT molecular complexity index is 798. The molecule has 7 heteroatoms. The Kier molecular flexibility index (Phi) is 6.35. The van der Waals surface area contributed by atoms with Crippen molar-refractivity contribution >= 4 is 5.91 Å². The average Bonchev–Trinajstić information content (AvgIpc) is 3.40. The Hall–Kier alpha value is -2.12. The second-order valence-electron chi connectivity index (χ2n) is 8.34. The molecule has 2 aliphatic heterocycles. The van der Waals surface area contributed by atoms with Gasteiger partial charge in [-0.1, -0.05) is 6.42 Å². The van der Waals surface area contributed by atoms with Crippen molar-refractivity contribution in [2.45, 2.75) is 38.1 Å². The summed E-state index contributed by atoms with van der Waals surface area (Å²) in [6, 6.07) is 4.54. The summed E-state index contributed by atoms with van der Waals surface area (Å²) in [6.07, 6.45) is 11.9. The van der Waals surface area contributed by atoms with Gasteiger partial charge in [-0.3, -0.25) is 9.48 Å². The fraction of sp³-hybridized carbons (Fsp3) is 0.636. The van der Waals surface area contributed by atoms with E-state index in [-0.39, 0.29) is 5.91 Å². The van der Waals surface area contributed by atoms with E-state index in [1.807, 2.05) is 41.0 Å².